The molecule has 0 saturated heterocycles. The van der Waals surface area contributed by atoms with E-state index in [2.05, 4.69) is 0 Å². The number of aliphatic hydroxyl groups is 1. The van der Waals surface area contributed by atoms with Crippen molar-refractivity contribution in [3.05, 3.63) is 53.1 Å². The van der Waals surface area contributed by atoms with Crippen LogP contribution in [-0.2, 0) is 6.61 Å². The fourth-order valence-electron chi connectivity index (χ4n) is 2.26. The average molecular weight is 302 g/mol. The summed E-state index contributed by atoms with van der Waals surface area (Å²) in [7, 11) is 4.54. The van der Waals surface area contributed by atoms with E-state index in [-0.39, 0.29) is 12.4 Å². The maximum atomic E-state index is 12.6. The number of carbonyl (C=O) groups is 1. The summed E-state index contributed by atoms with van der Waals surface area (Å²) in [4.78, 5) is 12.6. The van der Waals surface area contributed by atoms with Gasteiger partial charge in [-0.3, -0.25) is 4.79 Å². The van der Waals surface area contributed by atoms with E-state index in [9.17, 15) is 9.90 Å². The van der Waals surface area contributed by atoms with Gasteiger partial charge < -0.3 is 19.3 Å². The van der Waals surface area contributed by atoms with Crippen molar-refractivity contribution < 1.29 is 24.1 Å². The topological polar surface area (TPSA) is 65.0 Å². The summed E-state index contributed by atoms with van der Waals surface area (Å²) >= 11 is 0. The van der Waals surface area contributed by atoms with Crippen LogP contribution in [-0.4, -0.2) is 32.2 Å². The molecule has 0 saturated carbocycles. The van der Waals surface area contributed by atoms with Crippen LogP contribution in [0, 0.1) is 0 Å². The van der Waals surface area contributed by atoms with Gasteiger partial charge in [-0.2, -0.15) is 0 Å². The molecule has 2 rings (SSSR count). The second kappa shape index (κ2) is 6.95. The van der Waals surface area contributed by atoms with Gasteiger partial charge in [-0.15, -0.1) is 0 Å². The molecule has 0 unspecified atom stereocenters. The predicted octanol–water partition coefficient (Wildman–Crippen LogP) is 2.44. The van der Waals surface area contributed by atoms with Crippen LogP contribution in [0.5, 0.6) is 17.2 Å². The van der Waals surface area contributed by atoms with Crippen molar-refractivity contribution in [2.75, 3.05) is 21.3 Å². The summed E-state index contributed by atoms with van der Waals surface area (Å²) in [5.74, 6) is 1.31. The van der Waals surface area contributed by atoms with Crippen LogP contribution in [0.25, 0.3) is 0 Å². The number of hydrogen-bond acceptors (Lipinski definition) is 5. The molecule has 0 spiro atoms. The first-order chi connectivity index (χ1) is 10.7. The van der Waals surface area contributed by atoms with E-state index in [0.717, 1.165) is 0 Å². The molecule has 5 heteroatoms. The Morgan fingerprint density at radius 1 is 0.955 bits per heavy atom. The molecule has 0 aliphatic rings. The molecule has 2 aromatic carbocycles. The van der Waals surface area contributed by atoms with Crippen LogP contribution in [0.15, 0.2) is 36.4 Å². The minimum atomic E-state index is -0.322. The van der Waals surface area contributed by atoms with Crippen LogP contribution >= 0.6 is 0 Å². The SMILES string of the molecule is COc1ccc(C(=O)c2ccc(OC)c(OC)c2CO)cc1. The molecule has 0 aliphatic heterocycles. The normalized spacial score (nSPS) is 10.2. The maximum absolute atomic E-state index is 12.6. The summed E-state index contributed by atoms with van der Waals surface area (Å²) in [5.41, 5.74) is 1.29. The van der Waals surface area contributed by atoms with E-state index in [1.807, 2.05) is 0 Å². The first-order valence-electron chi connectivity index (χ1n) is 6.69. The Bertz CT molecular complexity index is 661. The van der Waals surface area contributed by atoms with E-state index >= 15 is 0 Å². The van der Waals surface area contributed by atoms with E-state index in [1.165, 1.54) is 14.2 Å². The lowest BCUT2D eigenvalue weighted by Crippen LogP contribution is -2.08. The molecule has 0 fully saturated rings. The summed E-state index contributed by atoms with van der Waals surface area (Å²) in [6.45, 7) is -0.322. The minimum Gasteiger partial charge on any atom is -0.497 e. The lowest BCUT2D eigenvalue weighted by molar-refractivity contribution is 0.103. The van der Waals surface area contributed by atoms with Gasteiger partial charge in [0.05, 0.1) is 27.9 Å². The fourth-order valence-corrected chi connectivity index (χ4v) is 2.26. The Balaban J connectivity index is 2.48. The first-order valence-corrected chi connectivity index (χ1v) is 6.69. The number of aliphatic hydroxyl groups excluding tert-OH is 1. The van der Waals surface area contributed by atoms with E-state index < -0.39 is 0 Å². The largest absolute Gasteiger partial charge is 0.497 e. The van der Waals surface area contributed by atoms with Crippen LogP contribution in [0.3, 0.4) is 0 Å². The van der Waals surface area contributed by atoms with Crippen LogP contribution in [0.1, 0.15) is 21.5 Å². The molecule has 2 aromatic rings. The molecule has 0 aromatic heterocycles. The highest BCUT2D eigenvalue weighted by Gasteiger charge is 2.20. The van der Waals surface area contributed by atoms with Gasteiger partial charge >= 0.3 is 0 Å². The number of ether oxygens (including phenoxy) is 3. The van der Waals surface area contributed by atoms with Gasteiger partial charge in [-0.25, -0.2) is 0 Å². The summed E-state index contributed by atoms with van der Waals surface area (Å²) in [5, 5.41) is 9.62. The molecule has 0 heterocycles. The summed E-state index contributed by atoms with van der Waals surface area (Å²) < 4.78 is 15.5. The summed E-state index contributed by atoms with van der Waals surface area (Å²) in [6, 6.07) is 10.1. The van der Waals surface area contributed by atoms with E-state index in [0.29, 0.717) is 33.9 Å². The molecule has 0 aliphatic carbocycles. The zero-order chi connectivity index (χ0) is 16.1. The molecule has 116 valence electrons. The lowest BCUT2D eigenvalue weighted by atomic mass is 9.97. The van der Waals surface area contributed by atoms with Crippen molar-refractivity contribution in [2.24, 2.45) is 0 Å². The van der Waals surface area contributed by atoms with Gasteiger partial charge in [0.25, 0.3) is 0 Å². The minimum absolute atomic E-state index is 0.201. The van der Waals surface area contributed by atoms with Gasteiger partial charge in [-0.1, -0.05) is 0 Å². The van der Waals surface area contributed by atoms with Crippen molar-refractivity contribution in [1.29, 1.82) is 0 Å². The molecule has 0 radical (unpaired) electrons. The van der Waals surface area contributed by atoms with Crippen LogP contribution < -0.4 is 14.2 Å². The molecule has 0 amide bonds. The Morgan fingerprint density at radius 2 is 1.64 bits per heavy atom. The molecule has 22 heavy (non-hydrogen) atoms. The Labute approximate surface area is 129 Å². The van der Waals surface area contributed by atoms with Crippen molar-refractivity contribution in [2.45, 2.75) is 6.61 Å². The van der Waals surface area contributed by atoms with Gasteiger partial charge in [0.15, 0.2) is 17.3 Å². The smallest absolute Gasteiger partial charge is 0.193 e. The lowest BCUT2D eigenvalue weighted by Gasteiger charge is -2.15. The average Bonchev–Trinajstić information content (AvgIpc) is 2.59. The monoisotopic (exact) mass is 302 g/mol. The molecule has 5 nitrogen and oxygen atoms in total. The van der Waals surface area contributed by atoms with E-state index in [4.69, 9.17) is 14.2 Å². The number of ketones is 1. The zero-order valence-corrected chi connectivity index (χ0v) is 12.8. The number of carbonyl (C=O) groups excluding carboxylic acids is 1. The second-order valence-electron chi connectivity index (χ2n) is 4.54. The number of benzene rings is 2. The van der Waals surface area contributed by atoms with Crippen molar-refractivity contribution in [3.8, 4) is 17.2 Å². The summed E-state index contributed by atoms with van der Waals surface area (Å²) in [6.07, 6.45) is 0. The third-order valence-electron chi connectivity index (χ3n) is 3.40. The molecule has 0 atom stereocenters. The first kappa shape index (κ1) is 15.9. The van der Waals surface area contributed by atoms with Crippen molar-refractivity contribution in [3.63, 3.8) is 0 Å². The fraction of sp³-hybridized carbons (Fsp3) is 0.235. The van der Waals surface area contributed by atoms with Gasteiger partial charge in [0, 0.05) is 16.7 Å². The third-order valence-corrected chi connectivity index (χ3v) is 3.40. The second-order valence-corrected chi connectivity index (χ2v) is 4.54. The van der Waals surface area contributed by atoms with Gasteiger partial charge in [-0.05, 0) is 36.4 Å². The third kappa shape index (κ3) is 2.89. The van der Waals surface area contributed by atoms with Crippen molar-refractivity contribution in [1.82, 2.24) is 0 Å². The number of methoxy groups -OCH3 is 3. The van der Waals surface area contributed by atoms with Crippen molar-refractivity contribution >= 4 is 5.78 Å². The Hall–Kier alpha value is -2.53. The van der Waals surface area contributed by atoms with Gasteiger partial charge in [0.2, 0.25) is 0 Å². The van der Waals surface area contributed by atoms with Crippen LogP contribution in [0.2, 0.25) is 0 Å². The molecular formula is C17H18O5. The molecule has 0 bridgehead atoms. The van der Waals surface area contributed by atoms with Gasteiger partial charge in [0.1, 0.15) is 5.75 Å². The maximum Gasteiger partial charge on any atom is 0.193 e. The van der Waals surface area contributed by atoms with E-state index in [1.54, 1.807) is 43.5 Å². The number of hydrogen-bond donors (Lipinski definition) is 1. The highest BCUT2D eigenvalue weighted by molar-refractivity contribution is 6.10. The molecule has 1 N–H and O–H groups in total. The Morgan fingerprint density at radius 3 is 2.14 bits per heavy atom. The zero-order valence-electron chi connectivity index (χ0n) is 12.8. The highest BCUT2D eigenvalue weighted by atomic mass is 16.5. The Kier molecular flexibility index (Phi) is 5.01. The molecular weight excluding hydrogens is 284 g/mol. The highest BCUT2D eigenvalue weighted by Crippen LogP contribution is 2.34. The predicted molar refractivity (Wildman–Crippen MR) is 81.9 cm³/mol. The standard InChI is InChI=1S/C17H18O5/c1-20-12-6-4-11(5-7-12)16(19)13-8-9-15(21-2)17(22-3)14(13)10-18/h4-9,18H,10H2,1-3H3. The van der Waals surface area contributed by atoms with Crippen LogP contribution in [0.4, 0.5) is 0 Å². The number of rotatable bonds is 6. The quantitative estimate of drug-likeness (QED) is 0.830.